The summed E-state index contributed by atoms with van der Waals surface area (Å²) in [6.07, 6.45) is 0.194. The van der Waals surface area contributed by atoms with Crippen LogP contribution >= 0.6 is 0 Å². The Hall–Kier alpha value is -1.47. The molecule has 0 bridgehead atoms. The Balaban J connectivity index is 1.89. The summed E-state index contributed by atoms with van der Waals surface area (Å²) in [5, 5.41) is 0. The second-order valence-electron chi connectivity index (χ2n) is 6.25. The van der Waals surface area contributed by atoms with E-state index in [2.05, 4.69) is 40.5 Å². The maximum absolute atomic E-state index is 5.70. The lowest BCUT2D eigenvalue weighted by atomic mass is 10.2. The summed E-state index contributed by atoms with van der Waals surface area (Å²) in [6, 6.07) is 0.553. The van der Waals surface area contributed by atoms with Crippen LogP contribution in [0.5, 0.6) is 0 Å². The molecule has 2 aliphatic heterocycles. The maximum atomic E-state index is 5.70. The average molecular weight is 307 g/mol. The molecular weight excluding hydrogens is 282 g/mol. The van der Waals surface area contributed by atoms with Gasteiger partial charge in [0, 0.05) is 13.1 Å². The van der Waals surface area contributed by atoms with Crippen LogP contribution in [0.1, 0.15) is 26.6 Å². The van der Waals surface area contributed by atoms with Crippen LogP contribution in [0.3, 0.4) is 0 Å². The summed E-state index contributed by atoms with van der Waals surface area (Å²) in [5.74, 6) is 2.26. The molecule has 1 aromatic rings. The van der Waals surface area contributed by atoms with Crippen molar-refractivity contribution in [2.45, 2.75) is 45.9 Å². The zero-order valence-electron chi connectivity index (χ0n) is 13.8. The summed E-state index contributed by atoms with van der Waals surface area (Å²) in [5.41, 5.74) is 0. The highest BCUT2D eigenvalue weighted by Gasteiger charge is 2.28. The van der Waals surface area contributed by atoms with Gasteiger partial charge in [-0.2, -0.15) is 15.0 Å². The number of rotatable bonds is 2. The van der Waals surface area contributed by atoms with Gasteiger partial charge >= 0.3 is 0 Å². The number of anilines is 2. The van der Waals surface area contributed by atoms with Gasteiger partial charge in [0.25, 0.3) is 0 Å². The van der Waals surface area contributed by atoms with Crippen LogP contribution in [0.2, 0.25) is 0 Å². The molecule has 0 N–H and O–H groups in total. The fourth-order valence-electron chi connectivity index (χ4n) is 2.92. The van der Waals surface area contributed by atoms with Gasteiger partial charge in [-0.1, -0.05) is 0 Å². The van der Waals surface area contributed by atoms with Crippen molar-refractivity contribution in [2.75, 3.05) is 42.7 Å². The normalized spacial score (nSPS) is 29.7. The number of morpholine rings is 2. The van der Waals surface area contributed by atoms with Gasteiger partial charge in [-0.05, 0) is 27.7 Å². The van der Waals surface area contributed by atoms with Gasteiger partial charge < -0.3 is 19.3 Å². The molecule has 2 aliphatic rings. The monoisotopic (exact) mass is 307 g/mol. The Kier molecular flexibility index (Phi) is 4.44. The van der Waals surface area contributed by atoms with Crippen molar-refractivity contribution in [2.24, 2.45) is 0 Å². The molecule has 2 fully saturated rings. The highest BCUT2D eigenvalue weighted by Crippen LogP contribution is 2.22. The molecule has 7 nitrogen and oxygen atoms in total. The van der Waals surface area contributed by atoms with Crippen LogP contribution in [0, 0.1) is 6.92 Å². The number of aryl methyl sites for hydroxylation is 1. The minimum absolute atomic E-state index is 0.194. The molecular formula is C15H25N5O2. The van der Waals surface area contributed by atoms with Crippen molar-refractivity contribution in [1.82, 2.24) is 15.0 Å². The molecule has 0 aromatic carbocycles. The second-order valence-corrected chi connectivity index (χ2v) is 6.25. The highest BCUT2D eigenvalue weighted by molar-refractivity contribution is 5.41. The third-order valence-corrected chi connectivity index (χ3v) is 4.21. The smallest absolute Gasteiger partial charge is 0.230 e. The molecule has 7 heteroatoms. The van der Waals surface area contributed by atoms with E-state index in [-0.39, 0.29) is 18.2 Å². The summed E-state index contributed by atoms with van der Waals surface area (Å²) in [7, 11) is 0. The van der Waals surface area contributed by atoms with Gasteiger partial charge in [0.15, 0.2) is 0 Å². The quantitative estimate of drug-likeness (QED) is 0.808. The van der Waals surface area contributed by atoms with Crippen molar-refractivity contribution in [3.05, 3.63) is 5.82 Å². The van der Waals surface area contributed by atoms with E-state index < -0.39 is 0 Å². The lowest BCUT2D eigenvalue weighted by Gasteiger charge is -2.38. The Labute approximate surface area is 131 Å². The van der Waals surface area contributed by atoms with Crippen LogP contribution in [0.15, 0.2) is 0 Å². The number of hydrogen-bond donors (Lipinski definition) is 0. The molecule has 3 heterocycles. The molecule has 0 aliphatic carbocycles. The minimum atomic E-state index is 0.194. The third kappa shape index (κ3) is 3.15. The topological polar surface area (TPSA) is 63.6 Å². The first-order chi connectivity index (χ1) is 10.5. The lowest BCUT2D eigenvalue weighted by molar-refractivity contribution is 0.0336. The number of nitrogens with zero attached hydrogens (tertiary/aromatic N) is 5. The Morgan fingerprint density at radius 2 is 1.64 bits per heavy atom. The van der Waals surface area contributed by atoms with Crippen LogP contribution in [-0.2, 0) is 9.47 Å². The van der Waals surface area contributed by atoms with E-state index in [0.29, 0.717) is 13.2 Å². The summed E-state index contributed by atoms with van der Waals surface area (Å²) in [4.78, 5) is 18.2. The van der Waals surface area contributed by atoms with E-state index in [1.807, 2.05) is 6.92 Å². The molecule has 3 rings (SSSR count). The van der Waals surface area contributed by atoms with E-state index in [1.165, 1.54) is 0 Å². The highest BCUT2D eigenvalue weighted by atomic mass is 16.5. The van der Waals surface area contributed by atoms with Crippen molar-refractivity contribution < 1.29 is 9.47 Å². The number of ether oxygens (including phenoxy) is 2. The zero-order valence-corrected chi connectivity index (χ0v) is 13.8. The molecule has 3 atom stereocenters. The van der Waals surface area contributed by atoms with Gasteiger partial charge in [0.1, 0.15) is 5.82 Å². The molecule has 122 valence electrons. The van der Waals surface area contributed by atoms with Crippen molar-refractivity contribution in [3.8, 4) is 0 Å². The Morgan fingerprint density at radius 1 is 0.955 bits per heavy atom. The van der Waals surface area contributed by atoms with Crippen LogP contribution in [-0.4, -0.2) is 66.0 Å². The van der Waals surface area contributed by atoms with Crippen LogP contribution < -0.4 is 9.80 Å². The van der Waals surface area contributed by atoms with Gasteiger partial charge in [-0.25, -0.2) is 0 Å². The average Bonchev–Trinajstić information content (AvgIpc) is 2.49. The largest absolute Gasteiger partial charge is 0.377 e. The summed E-state index contributed by atoms with van der Waals surface area (Å²) < 4.78 is 11.2. The predicted molar refractivity (Wildman–Crippen MR) is 84.4 cm³/mol. The van der Waals surface area contributed by atoms with Crippen molar-refractivity contribution >= 4 is 11.9 Å². The fourth-order valence-corrected chi connectivity index (χ4v) is 2.92. The molecule has 0 radical (unpaired) electrons. The standard InChI is InChI=1S/C15H25N5O2/c1-10-8-21-6-5-19(10)14-16-13(4)17-15(18-14)20-7-12(3)22-9-11(20)2/h10-12H,5-9H2,1-4H3/t10-,11-,12?/m1/s1. The minimum Gasteiger partial charge on any atom is -0.377 e. The van der Waals surface area contributed by atoms with Gasteiger partial charge in [0.05, 0.1) is 38.0 Å². The molecule has 0 amide bonds. The van der Waals surface area contributed by atoms with Gasteiger partial charge in [-0.15, -0.1) is 0 Å². The Morgan fingerprint density at radius 3 is 2.36 bits per heavy atom. The number of aromatic nitrogens is 3. The molecule has 1 unspecified atom stereocenters. The van der Waals surface area contributed by atoms with Crippen molar-refractivity contribution in [3.63, 3.8) is 0 Å². The summed E-state index contributed by atoms with van der Waals surface area (Å²) in [6.45, 7) is 12.0. The fraction of sp³-hybridized carbons (Fsp3) is 0.800. The Bertz CT molecular complexity index is 527. The van der Waals surface area contributed by atoms with E-state index in [4.69, 9.17) is 14.5 Å². The van der Waals surface area contributed by atoms with Crippen LogP contribution in [0.25, 0.3) is 0 Å². The maximum Gasteiger partial charge on any atom is 0.230 e. The van der Waals surface area contributed by atoms with E-state index in [0.717, 1.165) is 37.4 Å². The first-order valence-electron chi connectivity index (χ1n) is 8.00. The van der Waals surface area contributed by atoms with E-state index >= 15 is 0 Å². The third-order valence-electron chi connectivity index (χ3n) is 4.21. The van der Waals surface area contributed by atoms with E-state index in [9.17, 15) is 0 Å². The van der Waals surface area contributed by atoms with E-state index in [1.54, 1.807) is 0 Å². The second kappa shape index (κ2) is 6.34. The molecule has 0 spiro atoms. The zero-order chi connectivity index (χ0) is 15.7. The molecule has 2 saturated heterocycles. The molecule has 22 heavy (non-hydrogen) atoms. The number of hydrogen-bond acceptors (Lipinski definition) is 7. The first-order valence-corrected chi connectivity index (χ1v) is 8.00. The van der Waals surface area contributed by atoms with Crippen LogP contribution in [0.4, 0.5) is 11.9 Å². The van der Waals surface area contributed by atoms with Gasteiger partial charge in [0.2, 0.25) is 11.9 Å². The SMILES string of the molecule is Cc1nc(N2CCOC[C@H]2C)nc(N2CC(C)OC[C@H]2C)n1. The van der Waals surface area contributed by atoms with Crippen molar-refractivity contribution in [1.29, 1.82) is 0 Å². The first kappa shape index (κ1) is 15.4. The predicted octanol–water partition coefficient (Wildman–Crippen LogP) is 1.02. The molecule has 1 aromatic heterocycles. The molecule has 0 saturated carbocycles. The van der Waals surface area contributed by atoms with Gasteiger partial charge in [-0.3, -0.25) is 0 Å². The lowest BCUT2D eigenvalue weighted by Crippen LogP contribution is -2.49. The summed E-state index contributed by atoms with van der Waals surface area (Å²) >= 11 is 0.